The van der Waals surface area contributed by atoms with Crippen LogP contribution in [-0.4, -0.2) is 49.2 Å². The second-order valence-electron chi connectivity index (χ2n) is 5.20. The fourth-order valence-electron chi connectivity index (χ4n) is 2.52. The van der Waals surface area contributed by atoms with Gasteiger partial charge in [-0.15, -0.1) is 0 Å². The summed E-state index contributed by atoms with van der Waals surface area (Å²) in [6.45, 7) is 0.147. The van der Waals surface area contributed by atoms with Gasteiger partial charge in [-0.2, -0.15) is 22.5 Å². The lowest BCUT2D eigenvalue weighted by Gasteiger charge is -2.33. The predicted octanol–water partition coefficient (Wildman–Crippen LogP) is 2.18. The van der Waals surface area contributed by atoms with Gasteiger partial charge in [-0.05, 0) is 25.0 Å². The Kier molecular flexibility index (Phi) is 4.81. The highest BCUT2D eigenvalue weighted by Crippen LogP contribution is 2.35. The Morgan fingerprint density at radius 2 is 1.77 bits per heavy atom. The predicted molar refractivity (Wildman–Crippen MR) is 72.8 cm³/mol. The molecule has 0 aromatic heterocycles. The molecule has 0 spiro atoms. The number of alkyl halides is 3. The summed E-state index contributed by atoms with van der Waals surface area (Å²) < 4.78 is 65.0. The quantitative estimate of drug-likeness (QED) is 0.858. The molecule has 0 saturated carbocycles. The van der Waals surface area contributed by atoms with E-state index in [1.165, 1.54) is 13.1 Å². The van der Waals surface area contributed by atoms with Crippen molar-refractivity contribution in [2.75, 3.05) is 20.1 Å². The third kappa shape index (κ3) is 3.43. The molecule has 1 aliphatic heterocycles. The van der Waals surface area contributed by atoms with Gasteiger partial charge in [0.25, 0.3) is 0 Å². The Labute approximate surface area is 127 Å². The fourth-order valence-corrected chi connectivity index (χ4v) is 4.20. The number of hydroxylamine groups is 2. The van der Waals surface area contributed by atoms with Crippen LogP contribution in [0.1, 0.15) is 18.4 Å². The first-order valence-corrected chi connectivity index (χ1v) is 8.16. The standard InChI is InChI=1S/C13H17F3N2O3S/c1-17(19)10-6-8-18(9-7-10)22(20,21)12-5-3-2-4-11(12)13(14,15)16/h2-5,10,19H,6-9H2,1H3. The minimum Gasteiger partial charge on any atom is -0.314 e. The molecule has 0 bridgehead atoms. The Morgan fingerprint density at radius 3 is 2.27 bits per heavy atom. The second-order valence-corrected chi connectivity index (χ2v) is 7.11. The van der Waals surface area contributed by atoms with Gasteiger partial charge in [0, 0.05) is 26.2 Å². The van der Waals surface area contributed by atoms with Crippen LogP contribution >= 0.6 is 0 Å². The van der Waals surface area contributed by atoms with Crippen LogP contribution in [0.2, 0.25) is 0 Å². The summed E-state index contributed by atoms with van der Waals surface area (Å²) in [6, 6.07) is 3.98. The normalized spacial score (nSPS) is 18.8. The lowest BCUT2D eigenvalue weighted by atomic mass is 10.1. The lowest BCUT2D eigenvalue weighted by molar-refractivity contribution is -0.139. The lowest BCUT2D eigenvalue weighted by Crippen LogP contribution is -2.44. The van der Waals surface area contributed by atoms with Gasteiger partial charge in [0.05, 0.1) is 10.5 Å². The number of piperidine rings is 1. The molecule has 1 aromatic carbocycles. The molecule has 1 aliphatic rings. The number of nitrogens with zero attached hydrogens (tertiary/aromatic N) is 2. The molecule has 0 amide bonds. The van der Waals surface area contributed by atoms with Crippen molar-refractivity contribution in [3.05, 3.63) is 29.8 Å². The van der Waals surface area contributed by atoms with Crippen molar-refractivity contribution < 1.29 is 26.8 Å². The summed E-state index contributed by atoms with van der Waals surface area (Å²) in [5.74, 6) is 0. The van der Waals surface area contributed by atoms with Gasteiger partial charge >= 0.3 is 6.18 Å². The van der Waals surface area contributed by atoms with Gasteiger partial charge in [-0.25, -0.2) is 8.42 Å². The highest BCUT2D eigenvalue weighted by Gasteiger charge is 2.39. The van der Waals surface area contributed by atoms with E-state index in [1.54, 1.807) is 0 Å². The van der Waals surface area contributed by atoms with Crippen molar-refractivity contribution in [3.8, 4) is 0 Å². The van der Waals surface area contributed by atoms with E-state index in [-0.39, 0.29) is 19.1 Å². The first-order valence-electron chi connectivity index (χ1n) is 6.72. The van der Waals surface area contributed by atoms with Gasteiger partial charge < -0.3 is 5.21 Å². The van der Waals surface area contributed by atoms with Crippen molar-refractivity contribution in [1.29, 1.82) is 0 Å². The van der Waals surface area contributed by atoms with Crippen molar-refractivity contribution in [1.82, 2.24) is 9.37 Å². The maximum atomic E-state index is 13.0. The number of rotatable bonds is 3. The molecule has 1 saturated heterocycles. The Morgan fingerprint density at radius 1 is 1.23 bits per heavy atom. The minimum absolute atomic E-state index is 0.0735. The van der Waals surface area contributed by atoms with E-state index >= 15 is 0 Å². The molecule has 1 N–H and O–H groups in total. The number of hydrogen-bond acceptors (Lipinski definition) is 4. The zero-order chi connectivity index (χ0) is 16.5. The van der Waals surface area contributed by atoms with Crippen molar-refractivity contribution in [2.45, 2.75) is 30.0 Å². The minimum atomic E-state index is -4.73. The molecular formula is C13H17F3N2O3S. The average molecular weight is 338 g/mol. The number of sulfonamides is 1. The van der Waals surface area contributed by atoms with Crippen LogP contribution < -0.4 is 0 Å². The van der Waals surface area contributed by atoms with Crippen LogP contribution in [0.3, 0.4) is 0 Å². The van der Waals surface area contributed by atoms with Gasteiger partial charge in [0.1, 0.15) is 0 Å². The monoisotopic (exact) mass is 338 g/mol. The number of hydrogen-bond donors (Lipinski definition) is 1. The highest BCUT2D eigenvalue weighted by molar-refractivity contribution is 7.89. The van der Waals surface area contributed by atoms with Gasteiger partial charge in [0.2, 0.25) is 10.0 Å². The first-order chi connectivity index (χ1) is 10.1. The molecule has 1 fully saturated rings. The second kappa shape index (κ2) is 6.15. The maximum Gasteiger partial charge on any atom is 0.417 e. The van der Waals surface area contributed by atoms with Crippen molar-refractivity contribution >= 4 is 10.0 Å². The van der Waals surface area contributed by atoms with Crippen molar-refractivity contribution in [3.63, 3.8) is 0 Å². The third-order valence-electron chi connectivity index (χ3n) is 3.76. The molecule has 0 radical (unpaired) electrons. The molecule has 0 unspecified atom stereocenters. The fraction of sp³-hybridized carbons (Fsp3) is 0.538. The summed E-state index contributed by atoms with van der Waals surface area (Å²) in [5, 5.41) is 10.4. The number of halogens is 3. The van der Waals surface area contributed by atoms with Gasteiger partial charge in [-0.1, -0.05) is 12.1 Å². The van der Waals surface area contributed by atoms with Crippen molar-refractivity contribution in [2.24, 2.45) is 0 Å². The first kappa shape index (κ1) is 17.2. The van der Waals surface area contributed by atoms with Crippen LogP contribution in [0.25, 0.3) is 0 Å². The molecule has 22 heavy (non-hydrogen) atoms. The molecule has 5 nitrogen and oxygen atoms in total. The van der Waals surface area contributed by atoms with Crippen LogP contribution in [0.5, 0.6) is 0 Å². The summed E-state index contributed by atoms with van der Waals surface area (Å²) in [7, 11) is -2.75. The summed E-state index contributed by atoms with van der Waals surface area (Å²) in [4.78, 5) is -0.724. The molecule has 1 heterocycles. The SMILES string of the molecule is CN(O)C1CCN(S(=O)(=O)c2ccccc2C(F)(F)F)CC1. The van der Waals surface area contributed by atoms with E-state index in [9.17, 15) is 26.8 Å². The van der Waals surface area contributed by atoms with E-state index in [2.05, 4.69) is 0 Å². The van der Waals surface area contributed by atoms with E-state index in [1.807, 2.05) is 0 Å². The van der Waals surface area contributed by atoms with Crippen LogP contribution in [-0.2, 0) is 16.2 Å². The van der Waals surface area contributed by atoms with E-state index < -0.39 is 26.7 Å². The zero-order valence-corrected chi connectivity index (χ0v) is 12.7. The highest BCUT2D eigenvalue weighted by atomic mass is 32.2. The van der Waals surface area contributed by atoms with E-state index in [0.717, 1.165) is 27.6 Å². The van der Waals surface area contributed by atoms with Gasteiger partial charge in [0.15, 0.2) is 0 Å². The average Bonchev–Trinajstić information content (AvgIpc) is 2.46. The Hall–Kier alpha value is -1.16. The van der Waals surface area contributed by atoms with Gasteiger partial charge in [-0.3, -0.25) is 0 Å². The molecule has 0 atom stereocenters. The van der Waals surface area contributed by atoms with E-state index in [4.69, 9.17) is 0 Å². The van der Waals surface area contributed by atoms with E-state index in [0.29, 0.717) is 12.8 Å². The number of benzene rings is 1. The molecular weight excluding hydrogens is 321 g/mol. The molecule has 2 rings (SSSR count). The summed E-state index contributed by atoms with van der Waals surface area (Å²) in [6.07, 6.45) is -4.01. The smallest absolute Gasteiger partial charge is 0.314 e. The van der Waals surface area contributed by atoms with Crippen LogP contribution in [0, 0.1) is 0 Å². The molecule has 9 heteroatoms. The zero-order valence-electron chi connectivity index (χ0n) is 11.9. The Balaban J connectivity index is 2.30. The Bertz CT molecular complexity index is 624. The third-order valence-corrected chi connectivity index (χ3v) is 5.72. The van der Waals surface area contributed by atoms with Crippen LogP contribution in [0.4, 0.5) is 13.2 Å². The maximum absolute atomic E-state index is 13.0. The topological polar surface area (TPSA) is 60.9 Å². The summed E-state index contributed by atoms with van der Waals surface area (Å²) >= 11 is 0. The summed E-state index contributed by atoms with van der Waals surface area (Å²) in [5.41, 5.74) is -1.16. The molecule has 124 valence electrons. The molecule has 1 aromatic rings. The van der Waals surface area contributed by atoms with Crippen LogP contribution in [0.15, 0.2) is 29.2 Å². The molecule has 0 aliphatic carbocycles. The largest absolute Gasteiger partial charge is 0.417 e.